The van der Waals surface area contributed by atoms with E-state index >= 15 is 0 Å². The fraction of sp³-hybridized carbons (Fsp3) is 0.667. The summed E-state index contributed by atoms with van der Waals surface area (Å²) in [6.07, 6.45) is 7.92. The molecular formula is C18H28N6O2. The molecule has 0 bridgehead atoms. The zero-order valence-electron chi connectivity index (χ0n) is 15.2. The van der Waals surface area contributed by atoms with Crippen LogP contribution in [0.4, 0.5) is 11.6 Å². The average Bonchev–Trinajstić information content (AvgIpc) is 2.69. The minimum Gasteiger partial charge on any atom is -0.379 e. The highest BCUT2D eigenvalue weighted by atomic mass is 16.5. The summed E-state index contributed by atoms with van der Waals surface area (Å²) in [5.74, 6) is 1.06. The molecule has 0 radical (unpaired) electrons. The molecule has 3 rings (SSSR count). The predicted octanol–water partition coefficient (Wildman–Crippen LogP) is 1.74. The van der Waals surface area contributed by atoms with Gasteiger partial charge in [0.05, 0.1) is 18.8 Å². The number of nitrogens with one attached hydrogen (secondary N) is 3. The Hall–Kier alpha value is -2.06. The first-order valence-electron chi connectivity index (χ1n) is 9.48. The Morgan fingerprint density at radius 3 is 2.69 bits per heavy atom. The van der Waals surface area contributed by atoms with Gasteiger partial charge in [0.2, 0.25) is 5.91 Å². The number of ether oxygens (including phenoxy) is 1. The van der Waals surface area contributed by atoms with Crippen molar-refractivity contribution in [3.63, 3.8) is 0 Å². The Morgan fingerprint density at radius 2 is 1.96 bits per heavy atom. The van der Waals surface area contributed by atoms with E-state index in [1.54, 1.807) is 0 Å². The van der Waals surface area contributed by atoms with Crippen LogP contribution in [-0.4, -0.2) is 66.4 Å². The number of anilines is 2. The number of aromatic nitrogens is 2. The molecule has 1 aliphatic carbocycles. The van der Waals surface area contributed by atoms with Gasteiger partial charge in [-0.1, -0.05) is 19.3 Å². The quantitative estimate of drug-likeness (QED) is 0.640. The summed E-state index contributed by atoms with van der Waals surface area (Å²) in [6.45, 7) is 5.02. The van der Waals surface area contributed by atoms with Crippen molar-refractivity contribution in [2.75, 3.05) is 50.0 Å². The summed E-state index contributed by atoms with van der Waals surface area (Å²) >= 11 is 0. The number of rotatable bonds is 7. The van der Waals surface area contributed by atoms with Crippen LogP contribution < -0.4 is 10.6 Å². The molecule has 8 heteroatoms. The number of amides is 1. The van der Waals surface area contributed by atoms with Gasteiger partial charge >= 0.3 is 0 Å². The predicted molar refractivity (Wildman–Crippen MR) is 101 cm³/mol. The fourth-order valence-electron chi connectivity index (χ4n) is 3.51. The molecule has 2 aliphatic rings. The molecular weight excluding hydrogens is 332 g/mol. The highest BCUT2D eigenvalue weighted by Gasteiger charge is 2.22. The van der Waals surface area contributed by atoms with Crippen LogP contribution in [0, 0.1) is 11.3 Å². The number of carbonyl (C=O) groups excluding carboxylic acids is 1. The van der Waals surface area contributed by atoms with Crippen LogP contribution in [0.5, 0.6) is 0 Å². The Kier molecular flexibility index (Phi) is 6.90. The number of nitrogens with zero attached hydrogens (tertiary/aromatic N) is 3. The molecule has 0 aromatic carbocycles. The highest BCUT2D eigenvalue weighted by Crippen LogP contribution is 2.25. The SMILES string of the molecule is N=Cc1c(NCCN2CCOCC2)ncnc1NC(=O)C1CCCCC1. The van der Waals surface area contributed by atoms with Crippen molar-refractivity contribution >= 4 is 23.8 Å². The Labute approximate surface area is 154 Å². The smallest absolute Gasteiger partial charge is 0.228 e. The number of hydrogen-bond donors (Lipinski definition) is 3. The lowest BCUT2D eigenvalue weighted by Crippen LogP contribution is -2.39. The van der Waals surface area contributed by atoms with Gasteiger partial charge < -0.3 is 20.8 Å². The van der Waals surface area contributed by atoms with Crippen molar-refractivity contribution in [3.8, 4) is 0 Å². The minimum atomic E-state index is 0.00534. The summed E-state index contributed by atoms with van der Waals surface area (Å²) < 4.78 is 5.35. The van der Waals surface area contributed by atoms with Gasteiger partial charge in [-0.2, -0.15) is 0 Å². The lowest BCUT2D eigenvalue weighted by molar-refractivity contribution is -0.120. The van der Waals surface area contributed by atoms with Crippen LogP contribution in [0.15, 0.2) is 6.33 Å². The normalized spacial score (nSPS) is 19.1. The molecule has 1 aromatic heterocycles. The molecule has 8 nitrogen and oxygen atoms in total. The monoisotopic (exact) mass is 360 g/mol. The van der Waals surface area contributed by atoms with E-state index in [0.717, 1.165) is 58.5 Å². The third-order valence-corrected chi connectivity index (χ3v) is 5.07. The van der Waals surface area contributed by atoms with Gasteiger partial charge in [0, 0.05) is 38.3 Å². The first-order chi connectivity index (χ1) is 12.8. The second kappa shape index (κ2) is 9.59. The van der Waals surface area contributed by atoms with Gasteiger partial charge in [0.25, 0.3) is 0 Å². The van der Waals surface area contributed by atoms with Crippen molar-refractivity contribution in [2.45, 2.75) is 32.1 Å². The van der Waals surface area contributed by atoms with E-state index in [1.807, 2.05) is 0 Å². The van der Waals surface area contributed by atoms with E-state index < -0.39 is 0 Å². The van der Waals surface area contributed by atoms with E-state index in [2.05, 4.69) is 25.5 Å². The van der Waals surface area contributed by atoms with Crippen LogP contribution in [-0.2, 0) is 9.53 Å². The zero-order valence-corrected chi connectivity index (χ0v) is 15.2. The summed E-state index contributed by atoms with van der Waals surface area (Å²) in [7, 11) is 0. The maximum atomic E-state index is 12.5. The first-order valence-corrected chi connectivity index (χ1v) is 9.48. The fourth-order valence-corrected chi connectivity index (χ4v) is 3.51. The van der Waals surface area contributed by atoms with Crippen molar-refractivity contribution < 1.29 is 9.53 Å². The van der Waals surface area contributed by atoms with Crippen LogP contribution in [0.1, 0.15) is 37.7 Å². The molecule has 2 fully saturated rings. The average molecular weight is 360 g/mol. The summed E-state index contributed by atoms with van der Waals surface area (Å²) in [6, 6.07) is 0. The second-order valence-corrected chi connectivity index (χ2v) is 6.83. The van der Waals surface area contributed by atoms with Gasteiger partial charge in [-0.05, 0) is 12.8 Å². The molecule has 1 saturated carbocycles. The number of morpholine rings is 1. The van der Waals surface area contributed by atoms with Crippen molar-refractivity contribution in [2.24, 2.45) is 5.92 Å². The van der Waals surface area contributed by atoms with Gasteiger partial charge in [0.15, 0.2) is 0 Å². The zero-order chi connectivity index (χ0) is 18.2. The van der Waals surface area contributed by atoms with Crippen LogP contribution in [0.25, 0.3) is 0 Å². The molecule has 1 aromatic rings. The van der Waals surface area contributed by atoms with Crippen molar-refractivity contribution in [1.82, 2.24) is 14.9 Å². The van der Waals surface area contributed by atoms with Crippen LogP contribution in [0.2, 0.25) is 0 Å². The molecule has 3 N–H and O–H groups in total. The van der Waals surface area contributed by atoms with E-state index in [9.17, 15) is 4.79 Å². The lowest BCUT2D eigenvalue weighted by atomic mass is 9.88. The number of hydrogen-bond acceptors (Lipinski definition) is 7. The molecule has 1 saturated heterocycles. The molecule has 0 atom stereocenters. The highest BCUT2D eigenvalue weighted by molar-refractivity contribution is 5.99. The van der Waals surface area contributed by atoms with Gasteiger partial charge in [-0.15, -0.1) is 0 Å². The molecule has 26 heavy (non-hydrogen) atoms. The van der Waals surface area contributed by atoms with Crippen LogP contribution >= 0.6 is 0 Å². The largest absolute Gasteiger partial charge is 0.379 e. The van der Waals surface area contributed by atoms with E-state index in [4.69, 9.17) is 10.1 Å². The first kappa shape index (κ1) is 18.7. The maximum Gasteiger partial charge on any atom is 0.228 e. The summed E-state index contributed by atoms with van der Waals surface area (Å²) in [4.78, 5) is 23.2. The van der Waals surface area contributed by atoms with E-state index in [-0.39, 0.29) is 11.8 Å². The summed E-state index contributed by atoms with van der Waals surface area (Å²) in [5.41, 5.74) is 0.527. The van der Waals surface area contributed by atoms with Gasteiger partial charge in [-0.3, -0.25) is 9.69 Å². The molecule has 1 amide bonds. The van der Waals surface area contributed by atoms with E-state index in [0.29, 0.717) is 23.7 Å². The minimum absolute atomic E-state index is 0.00534. The second-order valence-electron chi connectivity index (χ2n) is 6.83. The third kappa shape index (κ3) is 4.98. The Bertz CT molecular complexity index is 612. The van der Waals surface area contributed by atoms with E-state index in [1.165, 1.54) is 19.0 Å². The molecule has 2 heterocycles. The number of carbonyl (C=O) groups is 1. The standard InChI is InChI=1S/C18H28N6O2/c19-12-15-16(20-6-7-24-8-10-26-11-9-24)21-13-22-17(15)23-18(25)14-4-2-1-3-5-14/h12-14,19H,1-11H2,(H2,20,21,22,23,25). The Morgan fingerprint density at radius 1 is 1.23 bits per heavy atom. The van der Waals surface area contributed by atoms with Crippen molar-refractivity contribution in [1.29, 1.82) is 5.41 Å². The van der Waals surface area contributed by atoms with Gasteiger partial charge in [0.1, 0.15) is 18.0 Å². The molecule has 1 aliphatic heterocycles. The van der Waals surface area contributed by atoms with Crippen molar-refractivity contribution in [3.05, 3.63) is 11.9 Å². The molecule has 0 spiro atoms. The maximum absolute atomic E-state index is 12.5. The summed E-state index contributed by atoms with van der Waals surface area (Å²) in [5, 5.41) is 13.9. The lowest BCUT2D eigenvalue weighted by Gasteiger charge is -2.26. The third-order valence-electron chi connectivity index (χ3n) is 5.07. The van der Waals surface area contributed by atoms with Gasteiger partial charge in [-0.25, -0.2) is 9.97 Å². The topological polar surface area (TPSA) is 103 Å². The Balaban J connectivity index is 1.58. The molecule has 0 unspecified atom stereocenters. The molecule has 142 valence electrons. The van der Waals surface area contributed by atoms with Crippen LogP contribution in [0.3, 0.4) is 0 Å².